The number of rotatable bonds is 26. The third-order valence-electron chi connectivity index (χ3n) is 11.0. The maximum absolute atomic E-state index is 12.6. The van der Waals surface area contributed by atoms with E-state index in [1.165, 1.54) is 0 Å². The van der Waals surface area contributed by atoms with Gasteiger partial charge in [0.15, 0.2) is 18.4 Å². The van der Waals surface area contributed by atoms with E-state index in [9.17, 15) is 79.8 Å². The lowest BCUT2D eigenvalue weighted by Gasteiger charge is -2.48. The second kappa shape index (κ2) is 26.1. The van der Waals surface area contributed by atoms with Crippen LogP contribution in [0.2, 0.25) is 0 Å². The molecule has 0 radical (unpaired) electrons. The second-order valence-corrected chi connectivity index (χ2v) is 16.0. The van der Waals surface area contributed by atoms with E-state index in [0.29, 0.717) is 32.1 Å². The van der Waals surface area contributed by atoms with Gasteiger partial charge in [0.1, 0.15) is 72.9 Å². The molecule has 3 aliphatic rings. The van der Waals surface area contributed by atoms with Gasteiger partial charge in [-0.2, -0.15) is 0 Å². The molecule has 0 saturated carbocycles. The van der Waals surface area contributed by atoms with Gasteiger partial charge in [-0.1, -0.05) is 6.92 Å². The number of aliphatic hydroxyl groups excluding tert-OH is 9. The molecule has 25 heteroatoms. The van der Waals surface area contributed by atoms with Gasteiger partial charge in [0.05, 0.1) is 38.5 Å². The van der Waals surface area contributed by atoms with Gasteiger partial charge in [0, 0.05) is 52.6 Å². The van der Waals surface area contributed by atoms with Gasteiger partial charge in [-0.25, -0.2) is 4.79 Å². The number of carbonyl (C=O) groups excluding carboxylic acids is 5. The van der Waals surface area contributed by atoms with Crippen molar-refractivity contribution >= 4 is 35.3 Å². The first kappa shape index (κ1) is 55.0. The highest BCUT2D eigenvalue weighted by molar-refractivity contribution is 5.85. The van der Waals surface area contributed by atoms with Crippen LogP contribution in [0.15, 0.2) is 0 Å². The number of carboxylic acids is 1. The van der Waals surface area contributed by atoms with E-state index >= 15 is 0 Å². The summed E-state index contributed by atoms with van der Waals surface area (Å²) in [5, 5.41) is 113. The highest BCUT2D eigenvalue weighted by Gasteiger charge is 2.57. The van der Waals surface area contributed by atoms with Crippen molar-refractivity contribution in [3.63, 3.8) is 0 Å². The number of hydrogen-bond donors (Lipinski definition) is 13. The van der Waals surface area contributed by atoms with E-state index in [4.69, 9.17) is 28.4 Å². The van der Waals surface area contributed by atoms with E-state index in [1.54, 1.807) is 6.92 Å². The van der Waals surface area contributed by atoms with E-state index in [0.717, 1.165) is 13.8 Å². The maximum atomic E-state index is 12.6. The minimum absolute atomic E-state index is 0.0223. The molecule has 16 atom stereocenters. The van der Waals surface area contributed by atoms with E-state index in [-0.39, 0.29) is 49.9 Å². The molecule has 0 bridgehead atoms. The van der Waals surface area contributed by atoms with E-state index in [1.807, 2.05) is 0 Å². The number of amides is 3. The maximum Gasteiger partial charge on any atom is 0.364 e. The molecule has 0 aromatic rings. The molecular weight excluding hydrogens is 862 g/mol. The summed E-state index contributed by atoms with van der Waals surface area (Å²) < 4.78 is 34.2. The molecule has 3 aliphatic heterocycles. The van der Waals surface area contributed by atoms with Crippen LogP contribution in [0.5, 0.6) is 0 Å². The minimum atomic E-state index is -2.87. The number of ether oxygens (including phenoxy) is 6. The van der Waals surface area contributed by atoms with Gasteiger partial charge in [-0.3, -0.25) is 24.0 Å². The van der Waals surface area contributed by atoms with Crippen molar-refractivity contribution < 1.29 is 108 Å². The highest BCUT2D eigenvalue weighted by Crippen LogP contribution is 2.35. The van der Waals surface area contributed by atoms with Crippen molar-refractivity contribution in [2.45, 2.75) is 176 Å². The molecule has 0 aliphatic carbocycles. The number of aliphatic carboxylic acids is 1. The van der Waals surface area contributed by atoms with Crippen LogP contribution < -0.4 is 16.0 Å². The zero-order valence-electron chi connectivity index (χ0n) is 35.9. The fourth-order valence-electron chi connectivity index (χ4n) is 7.35. The summed E-state index contributed by atoms with van der Waals surface area (Å²) >= 11 is 0. The Kier molecular flexibility index (Phi) is 22.4. The van der Waals surface area contributed by atoms with Gasteiger partial charge in [0.2, 0.25) is 17.7 Å². The van der Waals surface area contributed by atoms with Gasteiger partial charge in [-0.15, -0.1) is 0 Å². The number of carboxylic acid groups (broad SMARTS) is 1. The van der Waals surface area contributed by atoms with Gasteiger partial charge in [-0.05, 0) is 25.7 Å². The average Bonchev–Trinajstić information content (AvgIpc) is 3.25. The molecule has 7 unspecified atom stereocenters. The van der Waals surface area contributed by atoms with Gasteiger partial charge >= 0.3 is 5.97 Å². The van der Waals surface area contributed by atoms with Crippen LogP contribution in [0, 0.1) is 0 Å². The third kappa shape index (κ3) is 15.3. The Labute approximate surface area is 368 Å². The van der Waals surface area contributed by atoms with Crippen LogP contribution in [0.1, 0.15) is 78.6 Å². The zero-order chi connectivity index (χ0) is 47.9. The minimum Gasteiger partial charge on any atom is -0.477 e. The summed E-state index contributed by atoms with van der Waals surface area (Å²) in [4.78, 5) is 72.2. The molecule has 3 heterocycles. The Hall–Kier alpha value is -3.38. The standard InChI is InChI=1S/C39H65N3O22/c1-4-20(47)14-40-26(51)11-6-5-9-21(48)10-7-8-12-59-36-28(42-19(3)46)31(54)34(24(16-44)61-36)63-37-33(56)32(55)30(53)25(62-37)17-60-39(38(57)58)13-22(49)27(41-18(2)45)35(64-39)29(52)23(50)15-43/h22-25,27-37,43-44,49-50,52-56H,4-17H2,1-3H3,(H,40,51)(H,41,45)(H,42,46)(H,57,58)/t22-,23?,24?,25?,27-,28?,29?,30+,31-,32+,33?,34-,35?,36-,37+,39-/m1/s1. The number of hydrogen-bond acceptors (Lipinski definition) is 21. The van der Waals surface area contributed by atoms with Crippen LogP contribution in [0.3, 0.4) is 0 Å². The number of Topliss-reactive ketones (excluding diaryl/α,β-unsaturated/α-hetero) is 2. The lowest BCUT2D eigenvalue weighted by Crippen LogP contribution is -2.69. The van der Waals surface area contributed by atoms with E-state index < -0.39 is 142 Å². The van der Waals surface area contributed by atoms with Gasteiger partial charge in [0.25, 0.3) is 5.79 Å². The van der Waals surface area contributed by atoms with Crippen molar-refractivity contribution in [3.8, 4) is 0 Å². The molecule has 3 rings (SSSR count). The number of ketones is 2. The molecular formula is C39H65N3O22. The fraction of sp³-hybridized carbons (Fsp3) is 0.846. The van der Waals surface area contributed by atoms with Crippen molar-refractivity contribution in [3.05, 3.63) is 0 Å². The molecule has 25 nitrogen and oxygen atoms in total. The summed E-state index contributed by atoms with van der Waals surface area (Å²) in [6, 6.07) is -2.87. The second-order valence-electron chi connectivity index (χ2n) is 16.0. The predicted molar refractivity (Wildman–Crippen MR) is 211 cm³/mol. The smallest absolute Gasteiger partial charge is 0.364 e. The molecule has 3 saturated heterocycles. The first-order valence-electron chi connectivity index (χ1n) is 21.2. The Bertz CT molecular complexity index is 1540. The van der Waals surface area contributed by atoms with Crippen LogP contribution in [-0.4, -0.2) is 217 Å². The quantitative estimate of drug-likeness (QED) is 0.0360. The van der Waals surface area contributed by atoms with Crippen LogP contribution in [0.4, 0.5) is 0 Å². The molecule has 0 spiro atoms. The Morgan fingerprint density at radius 2 is 1.38 bits per heavy atom. The first-order valence-corrected chi connectivity index (χ1v) is 21.2. The Morgan fingerprint density at radius 3 is 1.97 bits per heavy atom. The SMILES string of the molecule is CCC(=O)CNC(=O)CCCCC(=O)CCCCO[C@@H]1OC(CO)[C@@H](O[C@@H]2OC(CO[C@]3(C(=O)O)C[C@@H](O)[C@@H](NC(C)=O)C(C(O)C(O)CO)O3)[C@H](O)[C@H](O)C2O)[C@H](O)C1NC(C)=O. The topological polar surface area (TPSA) is 396 Å². The molecule has 0 aromatic carbocycles. The number of carbonyl (C=O) groups is 6. The summed E-state index contributed by atoms with van der Waals surface area (Å²) in [5.41, 5.74) is 0. The summed E-state index contributed by atoms with van der Waals surface area (Å²) in [6.45, 7) is 0.975. The van der Waals surface area contributed by atoms with E-state index in [2.05, 4.69) is 16.0 Å². The van der Waals surface area contributed by atoms with Crippen molar-refractivity contribution in [1.82, 2.24) is 16.0 Å². The average molecular weight is 928 g/mol. The third-order valence-corrected chi connectivity index (χ3v) is 11.0. The summed E-state index contributed by atoms with van der Waals surface area (Å²) in [7, 11) is 0. The van der Waals surface area contributed by atoms with Crippen molar-refractivity contribution in [2.24, 2.45) is 0 Å². The molecule has 3 fully saturated rings. The molecule has 13 N–H and O–H groups in total. The normalized spacial score (nSPS) is 34.0. The first-order chi connectivity index (χ1) is 30.2. The Morgan fingerprint density at radius 1 is 0.766 bits per heavy atom. The predicted octanol–water partition coefficient (Wildman–Crippen LogP) is -5.66. The molecule has 3 amide bonds. The zero-order valence-corrected chi connectivity index (χ0v) is 35.9. The lowest BCUT2D eigenvalue weighted by atomic mass is 9.88. The monoisotopic (exact) mass is 927 g/mol. The molecule has 368 valence electrons. The number of unbranched alkanes of at least 4 members (excludes halogenated alkanes) is 2. The highest BCUT2D eigenvalue weighted by atomic mass is 16.8. The number of aliphatic hydroxyl groups is 9. The number of nitrogens with one attached hydrogen (secondary N) is 3. The van der Waals surface area contributed by atoms with Crippen LogP contribution >= 0.6 is 0 Å². The van der Waals surface area contributed by atoms with Crippen molar-refractivity contribution in [2.75, 3.05) is 33.0 Å². The van der Waals surface area contributed by atoms with Crippen molar-refractivity contribution in [1.29, 1.82) is 0 Å². The molecule has 0 aromatic heterocycles. The fourth-order valence-corrected chi connectivity index (χ4v) is 7.35. The summed E-state index contributed by atoms with van der Waals surface area (Å²) in [6.07, 6.45) is -22.1. The van der Waals surface area contributed by atoms with Crippen LogP contribution in [0.25, 0.3) is 0 Å². The largest absolute Gasteiger partial charge is 0.477 e. The lowest BCUT2D eigenvalue weighted by molar-refractivity contribution is -0.360. The van der Waals surface area contributed by atoms with Gasteiger partial charge < -0.3 is 95.4 Å². The molecule has 64 heavy (non-hydrogen) atoms. The summed E-state index contributed by atoms with van der Waals surface area (Å²) in [5.74, 6) is -6.53. The Balaban J connectivity index is 1.64. The van der Waals surface area contributed by atoms with Crippen LogP contribution in [-0.2, 0) is 57.2 Å².